The molecule has 0 saturated heterocycles. The van der Waals surface area contributed by atoms with Gasteiger partial charge in [0.05, 0.1) is 0 Å². The van der Waals surface area contributed by atoms with Crippen LogP contribution in [0.3, 0.4) is 0 Å². The Kier molecular flexibility index (Phi) is 4.60. The Labute approximate surface area is 141 Å². The van der Waals surface area contributed by atoms with Gasteiger partial charge in [-0.15, -0.1) is 0 Å². The van der Waals surface area contributed by atoms with E-state index in [4.69, 9.17) is 14.2 Å². The Morgan fingerprint density at radius 1 is 1.08 bits per heavy atom. The van der Waals surface area contributed by atoms with Gasteiger partial charge in [-0.2, -0.15) is 0 Å². The van der Waals surface area contributed by atoms with Gasteiger partial charge in [0.25, 0.3) is 5.91 Å². The minimum Gasteiger partial charge on any atom is -0.486 e. The van der Waals surface area contributed by atoms with Gasteiger partial charge in [-0.05, 0) is 44.5 Å². The van der Waals surface area contributed by atoms with Crippen molar-refractivity contribution in [2.24, 2.45) is 0 Å². The molecule has 0 spiro atoms. The Morgan fingerprint density at radius 3 is 2.58 bits per heavy atom. The predicted molar refractivity (Wildman–Crippen MR) is 92.1 cm³/mol. The first-order chi connectivity index (χ1) is 11.5. The third kappa shape index (κ3) is 3.62. The summed E-state index contributed by atoms with van der Waals surface area (Å²) in [5, 5.41) is 2.84. The predicted octanol–water partition coefficient (Wildman–Crippen LogP) is 3.48. The van der Waals surface area contributed by atoms with Gasteiger partial charge >= 0.3 is 0 Å². The lowest BCUT2D eigenvalue weighted by Gasteiger charge is -2.20. The first kappa shape index (κ1) is 16.2. The molecule has 0 aliphatic carbocycles. The maximum Gasteiger partial charge on any atom is 0.265 e. The molecular weight excluding hydrogens is 306 g/mol. The van der Waals surface area contributed by atoms with E-state index in [1.54, 1.807) is 25.1 Å². The molecule has 1 heterocycles. The van der Waals surface area contributed by atoms with Crippen LogP contribution in [-0.4, -0.2) is 25.2 Å². The second kappa shape index (κ2) is 6.83. The van der Waals surface area contributed by atoms with Gasteiger partial charge in [0.1, 0.15) is 19.0 Å². The van der Waals surface area contributed by atoms with Gasteiger partial charge in [0.2, 0.25) is 0 Å². The summed E-state index contributed by atoms with van der Waals surface area (Å²) in [5.41, 5.74) is 2.82. The van der Waals surface area contributed by atoms with E-state index >= 15 is 0 Å². The fraction of sp³-hybridized carbons (Fsp3) is 0.316. The third-order valence-electron chi connectivity index (χ3n) is 3.81. The van der Waals surface area contributed by atoms with Crippen molar-refractivity contribution in [2.45, 2.75) is 26.9 Å². The Morgan fingerprint density at radius 2 is 1.83 bits per heavy atom. The Hall–Kier alpha value is -2.69. The standard InChI is InChI=1S/C19H21NO4/c1-12-4-6-16(13(2)10-12)24-14(3)19(21)20-15-5-7-17-18(11-15)23-9-8-22-17/h4-7,10-11,14H,8-9H2,1-3H3,(H,20,21). The van der Waals surface area contributed by atoms with E-state index in [2.05, 4.69) is 5.32 Å². The molecule has 1 N–H and O–H groups in total. The Bertz CT molecular complexity index is 757. The zero-order valence-electron chi connectivity index (χ0n) is 14.1. The lowest BCUT2D eigenvalue weighted by atomic mass is 10.1. The normalized spacial score (nSPS) is 14.0. The smallest absolute Gasteiger partial charge is 0.265 e. The van der Waals surface area contributed by atoms with Crippen LogP contribution in [0, 0.1) is 13.8 Å². The minimum atomic E-state index is -0.611. The number of carbonyl (C=O) groups excluding carboxylic acids is 1. The van der Waals surface area contributed by atoms with Gasteiger partial charge in [0.15, 0.2) is 17.6 Å². The highest BCUT2D eigenvalue weighted by Gasteiger charge is 2.18. The van der Waals surface area contributed by atoms with E-state index < -0.39 is 6.10 Å². The lowest BCUT2D eigenvalue weighted by molar-refractivity contribution is -0.122. The monoisotopic (exact) mass is 327 g/mol. The van der Waals surface area contributed by atoms with Crippen molar-refractivity contribution < 1.29 is 19.0 Å². The average Bonchev–Trinajstić information content (AvgIpc) is 2.57. The van der Waals surface area contributed by atoms with Gasteiger partial charge in [0, 0.05) is 11.8 Å². The number of fused-ring (bicyclic) bond motifs is 1. The lowest BCUT2D eigenvalue weighted by Crippen LogP contribution is -2.30. The van der Waals surface area contributed by atoms with Crippen molar-refractivity contribution in [2.75, 3.05) is 18.5 Å². The summed E-state index contributed by atoms with van der Waals surface area (Å²) in [6, 6.07) is 11.2. The first-order valence-corrected chi connectivity index (χ1v) is 7.97. The quantitative estimate of drug-likeness (QED) is 0.934. The van der Waals surface area contributed by atoms with E-state index in [0.717, 1.165) is 11.1 Å². The van der Waals surface area contributed by atoms with Crippen LogP contribution in [0.2, 0.25) is 0 Å². The van der Waals surface area contributed by atoms with Crippen molar-refractivity contribution in [3.63, 3.8) is 0 Å². The van der Waals surface area contributed by atoms with Crippen LogP contribution in [0.1, 0.15) is 18.1 Å². The van der Waals surface area contributed by atoms with Crippen molar-refractivity contribution in [3.05, 3.63) is 47.5 Å². The van der Waals surface area contributed by atoms with Crippen LogP contribution in [-0.2, 0) is 4.79 Å². The number of aryl methyl sites for hydroxylation is 2. The van der Waals surface area contributed by atoms with Crippen molar-refractivity contribution in [1.82, 2.24) is 0 Å². The van der Waals surface area contributed by atoms with Crippen molar-refractivity contribution in [1.29, 1.82) is 0 Å². The number of hydrogen-bond donors (Lipinski definition) is 1. The van der Waals surface area contributed by atoms with Gasteiger partial charge < -0.3 is 19.5 Å². The Balaban J connectivity index is 1.65. The summed E-state index contributed by atoms with van der Waals surface area (Å²) in [5.74, 6) is 1.83. The summed E-state index contributed by atoms with van der Waals surface area (Å²) < 4.78 is 16.8. The summed E-state index contributed by atoms with van der Waals surface area (Å²) >= 11 is 0. The van der Waals surface area contributed by atoms with E-state index in [9.17, 15) is 4.79 Å². The number of benzene rings is 2. The number of ether oxygens (including phenoxy) is 3. The molecule has 0 radical (unpaired) electrons. The summed E-state index contributed by atoms with van der Waals surface area (Å²) in [6.07, 6.45) is -0.611. The number of nitrogens with one attached hydrogen (secondary N) is 1. The summed E-state index contributed by atoms with van der Waals surface area (Å²) in [4.78, 5) is 12.4. The molecule has 1 aliphatic rings. The van der Waals surface area contributed by atoms with E-state index in [0.29, 0.717) is 36.1 Å². The van der Waals surface area contributed by atoms with Crippen LogP contribution in [0.25, 0.3) is 0 Å². The molecule has 1 unspecified atom stereocenters. The molecule has 3 rings (SSSR count). The molecule has 1 amide bonds. The third-order valence-corrected chi connectivity index (χ3v) is 3.81. The van der Waals surface area contributed by atoms with E-state index in [-0.39, 0.29) is 5.91 Å². The highest BCUT2D eigenvalue weighted by molar-refractivity contribution is 5.94. The molecule has 126 valence electrons. The molecule has 0 aromatic heterocycles. The maximum absolute atomic E-state index is 12.4. The first-order valence-electron chi connectivity index (χ1n) is 7.97. The van der Waals surface area contributed by atoms with Gasteiger partial charge in [-0.1, -0.05) is 17.7 Å². The molecule has 0 saturated carbocycles. The van der Waals surface area contributed by atoms with Crippen LogP contribution in [0.15, 0.2) is 36.4 Å². The van der Waals surface area contributed by atoms with Crippen molar-refractivity contribution in [3.8, 4) is 17.2 Å². The molecule has 1 atom stereocenters. The number of hydrogen-bond acceptors (Lipinski definition) is 4. The SMILES string of the molecule is Cc1ccc(OC(C)C(=O)Nc2ccc3c(c2)OCCO3)c(C)c1. The van der Waals surface area contributed by atoms with Crippen LogP contribution >= 0.6 is 0 Å². The van der Waals surface area contributed by atoms with Gasteiger partial charge in [-0.3, -0.25) is 4.79 Å². The molecule has 2 aromatic rings. The average molecular weight is 327 g/mol. The molecule has 0 fully saturated rings. The highest BCUT2D eigenvalue weighted by Crippen LogP contribution is 2.32. The largest absolute Gasteiger partial charge is 0.486 e. The topological polar surface area (TPSA) is 56.8 Å². The fourth-order valence-corrected chi connectivity index (χ4v) is 2.54. The van der Waals surface area contributed by atoms with E-state index in [1.165, 1.54) is 0 Å². The number of anilines is 1. The fourth-order valence-electron chi connectivity index (χ4n) is 2.54. The van der Waals surface area contributed by atoms with Crippen LogP contribution in [0.5, 0.6) is 17.2 Å². The molecule has 5 heteroatoms. The van der Waals surface area contributed by atoms with Gasteiger partial charge in [-0.25, -0.2) is 0 Å². The van der Waals surface area contributed by atoms with Crippen molar-refractivity contribution >= 4 is 11.6 Å². The minimum absolute atomic E-state index is 0.216. The molecular formula is C19H21NO4. The maximum atomic E-state index is 12.4. The molecule has 0 bridgehead atoms. The number of carbonyl (C=O) groups is 1. The molecule has 2 aromatic carbocycles. The highest BCUT2D eigenvalue weighted by atomic mass is 16.6. The molecule has 5 nitrogen and oxygen atoms in total. The number of amides is 1. The second-order valence-corrected chi connectivity index (χ2v) is 5.88. The zero-order chi connectivity index (χ0) is 17.1. The second-order valence-electron chi connectivity index (χ2n) is 5.88. The summed E-state index contributed by atoms with van der Waals surface area (Å²) in [6.45, 7) is 6.77. The van der Waals surface area contributed by atoms with Crippen LogP contribution in [0.4, 0.5) is 5.69 Å². The van der Waals surface area contributed by atoms with E-state index in [1.807, 2.05) is 32.0 Å². The summed E-state index contributed by atoms with van der Waals surface area (Å²) in [7, 11) is 0. The zero-order valence-corrected chi connectivity index (χ0v) is 14.1. The molecule has 24 heavy (non-hydrogen) atoms. The molecule has 1 aliphatic heterocycles. The number of rotatable bonds is 4. The van der Waals surface area contributed by atoms with Crippen LogP contribution < -0.4 is 19.5 Å².